The third-order valence-electron chi connectivity index (χ3n) is 2.60. The standard InChI is InChI=1S/C13H9F4N3S/c14-10-5-8(20-12(18)21)2-3-9(10)7-1-4-11(19-6-7)13(15,16)17/h1-6H,(H3,18,20,21). The van der Waals surface area contributed by atoms with Crippen LogP contribution in [0.5, 0.6) is 0 Å². The van der Waals surface area contributed by atoms with Gasteiger partial charge in [-0.25, -0.2) is 4.39 Å². The largest absolute Gasteiger partial charge is 0.433 e. The fraction of sp³-hybridized carbons (Fsp3) is 0.0769. The van der Waals surface area contributed by atoms with E-state index in [-0.39, 0.29) is 16.2 Å². The summed E-state index contributed by atoms with van der Waals surface area (Å²) < 4.78 is 51.2. The lowest BCUT2D eigenvalue weighted by atomic mass is 10.1. The minimum atomic E-state index is -4.53. The van der Waals surface area contributed by atoms with Gasteiger partial charge in [0.15, 0.2) is 5.11 Å². The number of halogens is 4. The first-order valence-electron chi connectivity index (χ1n) is 5.67. The van der Waals surface area contributed by atoms with Crippen molar-refractivity contribution in [2.45, 2.75) is 6.18 Å². The summed E-state index contributed by atoms with van der Waals surface area (Å²) in [6, 6.07) is 6.02. The number of alkyl halides is 3. The molecule has 0 atom stereocenters. The summed E-state index contributed by atoms with van der Waals surface area (Å²) in [6.07, 6.45) is -3.55. The molecule has 0 bridgehead atoms. The summed E-state index contributed by atoms with van der Waals surface area (Å²) in [4.78, 5) is 3.29. The number of thiocarbonyl (C=S) groups is 1. The van der Waals surface area contributed by atoms with Crippen molar-refractivity contribution in [3.63, 3.8) is 0 Å². The summed E-state index contributed by atoms with van der Waals surface area (Å²) in [5.41, 5.74) is 4.95. The fourth-order valence-electron chi connectivity index (χ4n) is 1.69. The minimum absolute atomic E-state index is 0.0154. The molecule has 1 heterocycles. The Hall–Kier alpha value is -2.22. The van der Waals surface area contributed by atoms with Crippen molar-refractivity contribution in [2.75, 3.05) is 5.32 Å². The van der Waals surface area contributed by atoms with Crippen LogP contribution >= 0.6 is 12.2 Å². The van der Waals surface area contributed by atoms with E-state index in [1.54, 1.807) is 0 Å². The average molecular weight is 315 g/mol. The molecule has 3 N–H and O–H groups in total. The van der Waals surface area contributed by atoms with Crippen LogP contribution in [-0.2, 0) is 6.18 Å². The maximum atomic E-state index is 13.9. The van der Waals surface area contributed by atoms with Gasteiger partial charge in [-0.2, -0.15) is 13.2 Å². The molecule has 0 radical (unpaired) electrons. The van der Waals surface area contributed by atoms with E-state index in [0.29, 0.717) is 5.69 Å². The monoisotopic (exact) mass is 315 g/mol. The minimum Gasteiger partial charge on any atom is -0.376 e. The SMILES string of the molecule is NC(=S)Nc1ccc(-c2ccc(C(F)(F)F)nc2)c(F)c1. The van der Waals surface area contributed by atoms with E-state index in [2.05, 4.69) is 22.5 Å². The normalized spacial score (nSPS) is 11.2. The van der Waals surface area contributed by atoms with Crippen molar-refractivity contribution < 1.29 is 17.6 Å². The predicted molar refractivity (Wildman–Crippen MR) is 75.0 cm³/mol. The fourth-order valence-corrected chi connectivity index (χ4v) is 1.81. The number of rotatable bonds is 2. The second-order valence-corrected chi connectivity index (χ2v) is 4.55. The van der Waals surface area contributed by atoms with Gasteiger partial charge in [-0.1, -0.05) is 6.07 Å². The molecular weight excluding hydrogens is 306 g/mol. The van der Waals surface area contributed by atoms with Crippen LogP contribution in [0.15, 0.2) is 36.5 Å². The molecule has 1 aromatic heterocycles. The number of aromatic nitrogens is 1. The smallest absolute Gasteiger partial charge is 0.376 e. The molecule has 0 amide bonds. The Kier molecular flexibility index (Phi) is 4.08. The van der Waals surface area contributed by atoms with Crippen LogP contribution in [0.4, 0.5) is 23.2 Å². The molecule has 1 aromatic carbocycles. The van der Waals surface area contributed by atoms with Crippen LogP contribution in [-0.4, -0.2) is 10.1 Å². The molecule has 110 valence electrons. The van der Waals surface area contributed by atoms with Crippen molar-refractivity contribution in [3.05, 3.63) is 48.0 Å². The summed E-state index contributed by atoms with van der Waals surface area (Å²) in [5, 5.41) is 2.54. The number of hydrogen-bond acceptors (Lipinski definition) is 2. The number of hydrogen-bond donors (Lipinski definition) is 2. The molecule has 8 heteroatoms. The first-order valence-corrected chi connectivity index (χ1v) is 6.08. The van der Waals surface area contributed by atoms with E-state index in [0.717, 1.165) is 24.4 Å². The molecular formula is C13H9F4N3S. The van der Waals surface area contributed by atoms with Crippen LogP contribution in [0.3, 0.4) is 0 Å². The maximum absolute atomic E-state index is 13.9. The van der Waals surface area contributed by atoms with Crippen molar-refractivity contribution in [3.8, 4) is 11.1 Å². The van der Waals surface area contributed by atoms with Gasteiger partial charge in [0.1, 0.15) is 11.5 Å². The number of nitrogens with two attached hydrogens (primary N) is 1. The molecule has 0 aliphatic carbocycles. The highest BCUT2D eigenvalue weighted by atomic mass is 32.1. The third kappa shape index (κ3) is 3.66. The molecule has 0 spiro atoms. The van der Waals surface area contributed by atoms with Crippen molar-refractivity contribution >= 4 is 23.0 Å². The lowest BCUT2D eigenvalue weighted by molar-refractivity contribution is -0.141. The Morgan fingerprint density at radius 2 is 1.90 bits per heavy atom. The number of nitrogens with zero attached hydrogens (tertiary/aromatic N) is 1. The van der Waals surface area contributed by atoms with E-state index in [4.69, 9.17) is 5.73 Å². The molecule has 0 fully saturated rings. The quantitative estimate of drug-likeness (QED) is 0.657. The maximum Gasteiger partial charge on any atom is 0.433 e. The van der Waals surface area contributed by atoms with E-state index in [1.807, 2.05) is 0 Å². The van der Waals surface area contributed by atoms with E-state index >= 15 is 0 Å². The zero-order chi connectivity index (χ0) is 15.6. The molecule has 0 aliphatic rings. The molecule has 0 saturated carbocycles. The highest BCUT2D eigenvalue weighted by Crippen LogP contribution is 2.30. The van der Waals surface area contributed by atoms with Crippen molar-refractivity contribution in [1.29, 1.82) is 0 Å². The van der Waals surface area contributed by atoms with Gasteiger partial charge in [0.05, 0.1) is 0 Å². The van der Waals surface area contributed by atoms with Gasteiger partial charge in [-0.05, 0) is 36.5 Å². The van der Waals surface area contributed by atoms with Crippen LogP contribution in [0.2, 0.25) is 0 Å². The molecule has 2 rings (SSSR count). The van der Waals surface area contributed by atoms with E-state index in [9.17, 15) is 17.6 Å². The number of pyridine rings is 1. The summed E-state index contributed by atoms with van der Waals surface area (Å²) in [7, 11) is 0. The second-order valence-electron chi connectivity index (χ2n) is 4.11. The summed E-state index contributed by atoms with van der Waals surface area (Å²) >= 11 is 4.62. The summed E-state index contributed by atoms with van der Waals surface area (Å²) in [5.74, 6) is -0.627. The van der Waals surface area contributed by atoms with Crippen LogP contribution in [0.1, 0.15) is 5.69 Å². The van der Waals surface area contributed by atoms with Gasteiger partial charge in [-0.15, -0.1) is 0 Å². The Morgan fingerprint density at radius 3 is 2.38 bits per heavy atom. The zero-order valence-electron chi connectivity index (χ0n) is 10.4. The first-order chi connectivity index (χ1) is 9.77. The Balaban J connectivity index is 2.32. The van der Waals surface area contributed by atoms with Crippen molar-refractivity contribution in [1.82, 2.24) is 4.98 Å². The number of benzene rings is 1. The Labute approximate surface area is 122 Å². The molecule has 2 aromatic rings. The molecule has 0 aliphatic heterocycles. The first kappa shape index (κ1) is 15.2. The van der Waals surface area contributed by atoms with Crippen LogP contribution < -0.4 is 11.1 Å². The predicted octanol–water partition coefficient (Wildman–Crippen LogP) is 3.56. The van der Waals surface area contributed by atoms with Crippen molar-refractivity contribution in [2.24, 2.45) is 5.73 Å². The number of anilines is 1. The van der Waals surface area contributed by atoms with E-state index in [1.165, 1.54) is 12.1 Å². The van der Waals surface area contributed by atoms with Gasteiger partial charge in [-0.3, -0.25) is 4.98 Å². The van der Waals surface area contributed by atoms with Gasteiger partial charge >= 0.3 is 6.18 Å². The lowest BCUT2D eigenvalue weighted by Crippen LogP contribution is -2.18. The van der Waals surface area contributed by atoms with Gasteiger partial charge in [0, 0.05) is 23.0 Å². The molecule has 21 heavy (non-hydrogen) atoms. The summed E-state index contributed by atoms with van der Waals surface area (Å²) in [6.45, 7) is 0. The second kappa shape index (κ2) is 5.65. The van der Waals surface area contributed by atoms with Crippen LogP contribution in [0, 0.1) is 5.82 Å². The molecule has 0 saturated heterocycles. The van der Waals surface area contributed by atoms with Gasteiger partial charge in [0.25, 0.3) is 0 Å². The van der Waals surface area contributed by atoms with E-state index < -0.39 is 17.7 Å². The van der Waals surface area contributed by atoms with Crippen LogP contribution in [0.25, 0.3) is 11.1 Å². The van der Waals surface area contributed by atoms with Gasteiger partial charge < -0.3 is 11.1 Å². The highest BCUT2D eigenvalue weighted by molar-refractivity contribution is 7.80. The third-order valence-corrected chi connectivity index (χ3v) is 2.70. The highest BCUT2D eigenvalue weighted by Gasteiger charge is 2.32. The Morgan fingerprint density at radius 1 is 1.19 bits per heavy atom. The lowest BCUT2D eigenvalue weighted by Gasteiger charge is -2.09. The zero-order valence-corrected chi connectivity index (χ0v) is 11.2. The Bertz CT molecular complexity index is 668. The number of nitrogens with one attached hydrogen (secondary N) is 1. The van der Waals surface area contributed by atoms with Gasteiger partial charge in [0.2, 0.25) is 0 Å². The molecule has 0 unspecified atom stereocenters. The average Bonchev–Trinajstić information content (AvgIpc) is 2.37. The molecule has 3 nitrogen and oxygen atoms in total. The topological polar surface area (TPSA) is 50.9 Å².